The van der Waals surface area contributed by atoms with Crippen molar-refractivity contribution in [1.29, 1.82) is 0 Å². The standard InChI is InChI=1S/C17H15BrClNO/c1-10-6-15(19)4-3-12(10)8-20-9-13-7-14(18)5-11(2)16(13)17(20)21/h3-7H,8-9H2,1-2H3. The first-order valence-electron chi connectivity index (χ1n) is 6.79. The molecule has 0 saturated carbocycles. The first-order chi connectivity index (χ1) is 9.95. The van der Waals surface area contributed by atoms with E-state index in [1.807, 2.05) is 49.1 Å². The molecule has 2 aromatic carbocycles. The maximum absolute atomic E-state index is 12.6. The molecule has 0 N–H and O–H groups in total. The van der Waals surface area contributed by atoms with Crippen LogP contribution >= 0.6 is 27.5 Å². The molecule has 2 nitrogen and oxygen atoms in total. The van der Waals surface area contributed by atoms with Crippen LogP contribution in [0.15, 0.2) is 34.8 Å². The molecule has 0 spiro atoms. The topological polar surface area (TPSA) is 20.3 Å². The lowest BCUT2D eigenvalue weighted by atomic mass is 10.0. The number of carbonyl (C=O) groups is 1. The minimum absolute atomic E-state index is 0.115. The summed E-state index contributed by atoms with van der Waals surface area (Å²) in [4.78, 5) is 14.5. The van der Waals surface area contributed by atoms with Crippen molar-refractivity contribution in [3.05, 3.63) is 67.6 Å². The Hall–Kier alpha value is -1.32. The summed E-state index contributed by atoms with van der Waals surface area (Å²) in [5, 5.41) is 0.729. The molecule has 0 unspecified atom stereocenters. The molecular formula is C17H15BrClNO. The maximum atomic E-state index is 12.6. The molecule has 1 aliphatic rings. The number of halogens is 2. The molecule has 1 heterocycles. The van der Waals surface area contributed by atoms with Crippen molar-refractivity contribution < 1.29 is 4.79 Å². The summed E-state index contributed by atoms with van der Waals surface area (Å²) >= 11 is 9.49. The summed E-state index contributed by atoms with van der Waals surface area (Å²) in [7, 11) is 0. The number of amides is 1. The van der Waals surface area contributed by atoms with Crippen LogP contribution in [0.3, 0.4) is 0 Å². The van der Waals surface area contributed by atoms with Gasteiger partial charge in [0.25, 0.3) is 5.91 Å². The molecule has 2 aromatic rings. The van der Waals surface area contributed by atoms with E-state index in [1.165, 1.54) is 0 Å². The van der Waals surface area contributed by atoms with Crippen molar-refractivity contribution in [1.82, 2.24) is 4.90 Å². The fourth-order valence-electron chi connectivity index (χ4n) is 2.85. The average molecular weight is 365 g/mol. The highest BCUT2D eigenvalue weighted by Crippen LogP contribution is 2.30. The molecule has 0 aliphatic carbocycles. The normalized spacial score (nSPS) is 13.7. The van der Waals surface area contributed by atoms with Gasteiger partial charge in [-0.3, -0.25) is 4.79 Å². The predicted octanol–water partition coefficient (Wildman–Crippen LogP) is 4.88. The van der Waals surface area contributed by atoms with Crippen LogP contribution in [0.4, 0.5) is 0 Å². The lowest BCUT2D eigenvalue weighted by molar-refractivity contribution is 0.0766. The molecule has 4 heteroatoms. The van der Waals surface area contributed by atoms with Gasteiger partial charge in [-0.1, -0.05) is 33.6 Å². The third kappa shape index (κ3) is 2.72. The van der Waals surface area contributed by atoms with E-state index >= 15 is 0 Å². The third-order valence-corrected chi connectivity index (χ3v) is 4.60. The monoisotopic (exact) mass is 363 g/mol. The molecule has 1 aliphatic heterocycles. The quantitative estimate of drug-likeness (QED) is 0.744. The van der Waals surface area contributed by atoms with Crippen molar-refractivity contribution in [2.75, 3.05) is 0 Å². The molecule has 0 bridgehead atoms. The van der Waals surface area contributed by atoms with E-state index in [4.69, 9.17) is 11.6 Å². The van der Waals surface area contributed by atoms with Gasteiger partial charge in [0.15, 0.2) is 0 Å². The summed E-state index contributed by atoms with van der Waals surface area (Å²) in [6.07, 6.45) is 0. The van der Waals surface area contributed by atoms with Crippen molar-refractivity contribution >= 4 is 33.4 Å². The first-order valence-corrected chi connectivity index (χ1v) is 7.96. The fourth-order valence-corrected chi connectivity index (χ4v) is 3.70. The van der Waals surface area contributed by atoms with E-state index in [2.05, 4.69) is 15.9 Å². The van der Waals surface area contributed by atoms with Crippen LogP contribution in [0.25, 0.3) is 0 Å². The number of benzene rings is 2. The predicted molar refractivity (Wildman–Crippen MR) is 88.6 cm³/mol. The van der Waals surface area contributed by atoms with E-state index in [1.54, 1.807) is 0 Å². The Morgan fingerprint density at radius 1 is 1.19 bits per heavy atom. The minimum atomic E-state index is 0.115. The van der Waals surface area contributed by atoms with Crippen LogP contribution in [-0.4, -0.2) is 10.8 Å². The van der Waals surface area contributed by atoms with Gasteiger partial charge < -0.3 is 4.90 Å². The highest BCUT2D eigenvalue weighted by atomic mass is 79.9. The van der Waals surface area contributed by atoms with Gasteiger partial charge in [-0.25, -0.2) is 0 Å². The molecule has 0 fully saturated rings. The zero-order chi connectivity index (χ0) is 15.1. The SMILES string of the molecule is Cc1cc(Cl)ccc1CN1Cc2cc(Br)cc(C)c2C1=O. The largest absolute Gasteiger partial charge is 0.330 e. The van der Waals surface area contributed by atoms with Crippen LogP contribution in [0.1, 0.15) is 32.6 Å². The third-order valence-electron chi connectivity index (χ3n) is 3.91. The first kappa shape index (κ1) is 14.6. The molecule has 0 radical (unpaired) electrons. The summed E-state index contributed by atoms with van der Waals surface area (Å²) in [5.41, 5.74) is 5.23. The summed E-state index contributed by atoms with van der Waals surface area (Å²) < 4.78 is 1.02. The highest BCUT2D eigenvalue weighted by Gasteiger charge is 2.29. The summed E-state index contributed by atoms with van der Waals surface area (Å²) in [6, 6.07) is 9.84. The molecule has 0 aromatic heterocycles. The van der Waals surface area contributed by atoms with Crippen LogP contribution in [0, 0.1) is 13.8 Å². The molecule has 0 saturated heterocycles. The van der Waals surface area contributed by atoms with Crippen molar-refractivity contribution in [3.63, 3.8) is 0 Å². The van der Waals surface area contributed by atoms with Crippen molar-refractivity contribution in [2.45, 2.75) is 26.9 Å². The zero-order valence-corrected chi connectivity index (χ0v) is 14.3. The number of aryl methyl sites for hydroxylation is 2. The molecule has 21 heavy (non-hydrogen) atoms. The number of fused-ring (bicyclic) bond motifs is 1. The lowest BCUT2D eigenvalue weighted by Gasteiger charge is -2.17. The van der Waals surface area contributed by atoms with E-state index < -0.39 is 0 Å². The molecule has 1 amide bonds. The fraction of sp³-hybridized carbons (Fsp3) is 0.235. The van der Waals surface area contributed by atoms with E-state index in [9.17, 15) is 4.79 Å². The van der Waals surface area contributed by atoms with Crippen molar-refractivity contribution in [2.24, 2.45) is 0 Å². The second kappa shape index (κ2) is 5.47. The van der Waals surface area contributed by atoms with Crippen LogP contribution in [0.5, 0.6) is 0 Å². The molecule has 0 atom stereocenters. The Morgan fingerprint density at radius 2 is 1.95 bits per heavy atom. The number of nitrogens with zero attached hydrogens (tertiary/aromatic N) is 1. The van der Waals surface area contributed by atoms with Gasteiger partial charge >= 0.3 is 0 Å². The van der Waals surface area contributed by atoms with E-state index in [0.717, 1.165) is 37.3 Å². The molecule has 108 valence electrons. The highest BCUT2D eigenvalue weighted by molar-refractivity contribution is 9.10. The van der Waals surface area contributed by atoms with Gasteiger partial charge in [-0.05, 0) is 60.4 Å². The van der Waals surface area contributed by atoms with Gasteiger partial charge in [0.2, 0.25) is 0 Å². The van der Waals surface area contributed by atoms with Gasteiger partial charge in [0.1, 0.15) is 0 Å². The second-order valence-corrected chi connectivity index (χ2v) is 6.84. The van der Waals surface area contributed by atoms with Crippen LogP contribution in [-0.2, 0) is 13.1 Å². The summed E-state index contributed by atoms with van der Waals surface area (Å²) in [5.74, 6) is 0.115. The molecular weight excluding hydrogens is 350 g/mol. The van der Waals surface area contributed by atoms with Crippen molar-refractivity contribution in [3.8, 4) is 0 Å². The van der Waals surface area contributed by atoms with Gasteiger partial charge in [-0.15, -0.1) is 0 Å². The Kier molecular flexibility index (Phi) is 3.80. The smallest absolute Gasteiger partial charge is 0.255 e. The van der Waals surface area contributed by atoms with E-state index in [-0.39, 0.29) is 5.91 Å². The average Bonchev–Trinajstić information content (AvgIpc) is 2.69. The van der Waals surface area contributed by atoms with Gasteiger partial charge in [-0.2, -0.15) is 0 Å². The summed E-state index contributed by atoms with van der Waals surface area (Å²) in [6.45, 7) is 5.29. The Morgan fingerprint density at radius 3 is 2.67 bits per heavy atom. The van der Waals surface area contributed by atoms with E-state index in [0.29, 0.717) is 13.1 Å². The Bertz CT molecular complexity index is 742. The lowest BCUT2D eigenvalue weighted by Crippen LogP contribution is -2.24. The van der Waals surface area contributed by atoms with Gasteiger partial charge in [0, 0.05) is 28.1 Å². The minimum Gasteiger partial charge on any atom is -0.330 e. The van der Waals surface area contributed by atoms with Crippen LogP contribution < -0.4 is 0 Å². The number of hydrogen-bond acceptors (Lipinski definition) is 1. The zero-order valence-electron chi connectivity index (χ0n) is 11.9. The van der Waals surface area contributed by atoms with Crippen LogP contribution in [0.2, 0.25) is 5.02 Å². The maximum Gasteiger partial charge on any atom is 0.255 e. The molecule has 3 rings (SSSR count). The number of carbonyl (C=O) groups excluding carboxylic acids is 1. The Labute approximate surface area is 137 Å². The number of rotatable bonds is 2. The van der Waals surface area contributed by atoms with Gasteiger partial charge in [0.05, 0.1) is 0 Å². The second-order valence-electron chi connectivity index (χ2n) is 5.49. The Balaban J connectivity index is 1.90. The number of hydrogen-bond donors (Lipinski definition) is 0.